The minimum Gasteiger partial charge on any atom is -0.486 e. The molecule has 1 aliphatic heterocycles. The monoisotopic (exact) mass is 385 g/mol. The number of amides is 1. The Morgan fingerprint density at radius 1 is 1.35 bits per heavy atom. The molecule has 2 rings (SSSR count). The molecule has 0 saturated carbocycles. The zero-order valence-corrected chi connectivity index (χ0v) is 15.0. The maximum Gasteiger partial charge on any atom is 0.331 e. The predicted octanol–water partition coefficient (Wildman–Crippen LogP) is 2.68. The number of esters is 1. The number of ether oxygens (including phenoxy) is 3. The molecule has 1 aliphatic rings. The SMILES string of the molecule is CCCC(C)(NC(=O)c1cc(Br)c2c(c1)OCCO2)C(=O)OC. The van der Waals surface area contributed by atoms with Crippen molar-refractivity contribution in [1.82, 2.24) is 5.32 Å². The molecule has 23 heavy (non-hydrogen) atoms. The molecule has 0 fully saturated rings. The van der Waals surface area contributed by atoms with E-state index >= 15 is 0 Å². The summed E-state index contributed by atoms with van der Waals surface area (Å²) in [5, 5.41) is 2.76. The summed E-state index contributed by atoms with van der Waals surface area (Å²) in [6.45, 7) is 4.50. The predicted molar refractivity (Wildman–Crippen MR) is 87.9 cm³/mol. The average Bonchev–Trinajstić information content (AvgIpc) is 2.54. The van der Waals surface area contributed by atoms with Gasteiger partial charge < -0.3 is 19.5 Å². The maximum atomic E-state index is 12.6. The van der Waals surface area contributed by atoms with Crippen LogP contribution in [0.1, 0.15) is 37.0 Å². The van der Waals surface area contributed by atoms with E-state index in [9.17, 15) is 9.59 Å². The second-order valence-electron chi connectivity index (χ2n) is 5.51. The van der Waals surface area contributed by atoms with Crippen LogP contribution in [0, 0.1) is 0 Å². The van der Waals surface area contributed by atoms with E-state index < -0.39 is 11.5 Å². The van der Waals surface area contributed by atoms with E-state index in [2.05, 4.69) is 21.2 Å². The molecule has 6 nitrogen and oxygen atoms in total. The fourth-order valence-electron chi connectivity index (χ4n) is 2.51. The van der Waals surface area contributed by atoms with Gasteiger partial charge in [-0.25, -0.2) is 4.79 Å². The zero-order valence-electron chi connectivity index (χ0n) is 13.4. The number of nitrogens with one attached hydrogen (secondary N) is 1. The van der Waals surface area contributed by atoms with Crippen LogP contribution in [0.3, 0.4) is 0 Å². The van der Waals surface area contributed by atoms with Crippen molar-refractivity contribution < 1.29 is 23.8 Å². The third kappa shape index (κ3) is 3.77. The van der Waals surface area contributed by atoms with Crippen LogP contribution in [0.25, 0.3) is 0 Å². The average molecular weight is 386 g/mol. The molecule has 1 amide bonds. The van der Waals surface area contributed by atoms with E-state index in [4.69, 9.17) is 14.2 Å². The van der Waals surface area contributed by atoms with E-state index in [1.807, 2.05) is 6.92 Å². The van der Waals surface area contributed by atoms with Gasteiger partial charge in [0.1, 0.15) is 18.8 Å². The van der Waals surface area contributed by atoms with Crippen LogP contribution in [-0.2, 0) is 9.53 Å². The van der Waals surface area contributed by atoms with Crippen LogP contribution in [-0.4, -0.2) is 37.7 Å². The number of halogens is 1. The summed E-state index contributed by atoms with van der Waals surface area (Å²) in [7, 11) is 1.31. The summed E-state index contributed by atoms with van der Waals surface area (Å²) in [5.74, 6) is 0.247. The van der Waals surface area contributed by atoms with E-state index in [0.717, 1.165) is 6.42 Å². The van der Waals surface area contributed by atoms with Crippen molar-refractivity contribution in [3.05, 3.63) is 22.2 Å². The number of rotatable bonds is 5. The summed E-state index contributed by atoms with van der Waals surface area (Å²) in [4.78, 5) is 24.6. The highest BCUT2D eigenvalue weighted by Crippen LogP contribution is 2.38. The molecule has 0 radical (unpaired) electrons. The van der Waals surface area contributed by atoms with Gasteiger partial charge in [-0.15, -0.1) is 0 Å². The Bertz CT molecular complexity index is 619. The lowest BCUT2D eigenvalue weighted by Gasteiger charge is -2.28. The second-order valence-corrected chi connectivity index (χ2v) is 6.36. The van der Waals surface area contributed by atoms with E-state index in [-0.39, 0.29) is 5.91 Å². The van der Waals surface area contributed by atoms with Gasteiger partial charge in [-0.2, -0.15) is 0 Å². The zero-order chi connectivity index (χ0) is 17.0. The highest BCUT2D eigenvalue weighted by Gasteiger charge is 2.35. The summed E-state index contributed by atoms with van der Waals surface area (Å²) in [5.41, 5.74) is -0.687. The summed E-state index contributed by atoms with van der Waals surface area (Å²) < 4.78 is 16.5. The quantitative estimate of drug-likeness (QED) is 0.788. The molecule has 1 atom stereocenters. The van der Waals surface area contributed by atoms with Crippen LogP contribution in [0.2, 0.25) is 0 Å². The fourth-order valence-corrected chi connectivity index (χ4v) is 3.06. The first kappa shape index (κ1) is 17.6. The van der Waals surface area contributed by atoms with Crippen molar-refractivity contribution in [3.63, 3.8) is 0 Å². The Kier molecular flexibility index (Phi) is 5.51. The van der Waals surface area contributed by atoms with Crippen molar-refractivity contribution in [2.45, 2.75) is 32.2 Å². The van der Waals surface area contributed by atoms with Crippen LogP contribution in [0.4, 0.5) is 0 Å². The molecule has 1 aromatic carbocycles. The lowest BCUT2D eigenvalue weighted by atomic mass is 9.95. The largest absolute Gasteiger partial charge is 0.486 e. The molecule has 1 heterocycles. The Morgan fingerprint density at radius 2 is 2.04 bits per heavy atom. The van der Waals surface area contributed by atoms with E-state index in [0.29, 0.717) is 41.2 Å². The van der Waals surface area contributed by atoms with Gasteiger partial charge in [0.05, 0.1) is 11.6 Å². The Labute approximate surface area is 143 Å². The molecule has 126 valence electrons. The van der Waals surface area contributed by atoms with Crippen LogP contribution < -0.4 is 14.8 Å². The Balaban J connectivity index is 2.26. The fraction of sp³-hybridized carbons (Fsp3) is 0.500. The molecule has 1 aromatic rings. The molecular weight excluding hydrogens is 366 g/mol. The molecule has 1 unspecified atom stereocenters. The molecule has 0 aliphatic carbocycles. The van der Waals surface area contributed by atoms with Crippen molar-refractivity contribution in [3.8, 4) is 11.5 Å². The Hall–Kier alpha value is -1.76. The second kappa shape index (κ2) is 7.21. The summed E-state index contributed by atoms with van der Waals surface area (Å²) >= 11 is 3.38. The van der Waals surface area contributed by atoms with E-state index in [1.54, 1.807) is 19.1 Å². The normalized spacial score (nSPS) is 15.5. The highest BCUT2D eigenvalue weighted by atomic mass is 79.9. The van der Waals surface area contributed by atoms with Crippen LogP contribution in [0.5, 0.6) is 11.5 Å². The van der Waals surface area contributed by atoms with Gasteiger partial charge in [0.15, 0.2) is 11.5 Å². The van der Waals surface area contributed by atoms with Crippen molar-refractivity contribution in [2.24, 2.45) is 0 Å². The van der Waals surface area contributed by atoms with E-state index in [1.165, 1.54) is 7.11 Å². The lowest BCUT2D eigenvalue weighted by Crippen LogP contribution is -2.52. The van der Waals surface area contributed by atoms with Crippen molar-refractivity contribution >= 4 is 27.8 Å². The first-order valence-corrected chi connectivity index (χ1v) is 8.20. The topological polar surface area (TPSA) is 73.9 Å². The number of fused-ring (bicyclic) bond motifs is 1. The van der Waals surface area contributed by atoms with Gasteiger partial charge in [0.2, 0.25) is 0 Å². The molecular formula is C16H20BrNO5. The number of carbonyl (C=O) groups excluding carboxylic acids is 2. The highest BCUT2D eigenvalue weighted by molar-refractivity contribution is 9.10. The van der Waals surface area contributed by atoms with Gasteiger partial charge in [0, 0.05) is 5.56 Å². The third-order valence-electron chi connectivity index (χ3n) is 3.63. The number of benzene rings is 1. The standard InChI is InChI=1S/C16H20BrNO5/c1-4-5-16(2,15(20)21-3)18-14(19)10-8-11(17)13-12(9-10)22-6-7-23-13/h8-9H,4-7H2,1-3H3,(H,18,19). The van der Waals surface area contributed by atoms with Gasteiger partial charge in [0.25, 0.3) is 5.91 Å². The number of hydrogen-bond acceptors (Lipinski definition) is 5. The van der Waals surface area contributed by atoms with Gasteiger partial charge in [-0.1, -0.05) is 13.3 Å². The number of hydrogen-bond donors (Lipinski definition) is 1. The number of methoxy groups -OCH3 is 1. The lowest BCUT2D eigenvalue weighted by molar-refractivity contribution is -0.147. The van der Waals surface area contributed by atoms with Crippen LogP contribution in [0.15, 0.2) is 16.6 Å². The van der Waals surface area contributed by atoms with Gasteiger partial charge in [-0.05, 0) is 41.4 Å². The first-order chi connectivity index (χ1) is 10.9. The third-order valence-corrected chi connectivity index (χ3v) is 4.22. The summed E-state index contributed by atoms with van der Waals surface area (Å²) in [6, 6.07) is 3.25. The molecule has 0 bridgehead atoms. The van der Waals surface area contributed by atoms with Crippen LogP contribution >= 0.6 is 15.9 Å². The molecule has 0 aromatic heterocycles. The minimum atomic E-state index is -1.07. The minimum absolute atomic E-state index is 0.371. The maximum absolute atomic E-state index is 12.6. The van der Waals surface area contributed by atoms with Gasteiger partial charge >= 0.3 is 5.97 Å². The number of carbonyl (C=O) groups is 2. The van der Waals surface area contributed by atoms with Crippen molar-refractivity contribution in [2.75, 3.05) is 20.3 Å². The van der Waals surface area contributed by atoms with Gasteiger partial charge in [-0.3, -0.25) is 4.79 Å². The first-order valence-electron chi connectivity index (χ1n) is 7.41. The Morgan fingerprint density at radius 3 is 2.70 bits per heavy atom. The molecule has 7 heteroatoms. The summed E-state index contributed by atoms with van der Waals surface area (Å²) in [6.07, 6.45) is 1.22. The van der Waals surface area contributed by atoms with Crippen molar-refractivity contribution in [1.29, 1.82) is 0 Å². The smallest absolute Gasteiger partial charge is 0.331 e. The molecule has 0 saturated heterocycles. The molecule has 0 spiro atoms. The molecule has 1 N–H and O–H groups in total.